The van der Waals surface area contributed by atoms with Crippen LogP contribution in [0, 0.1) is 18.6 Å². The zero-order valence-corrected chi connectivity index (χ0v) is 11.5. The van der Waals surface area contributed by atoms with E-state index in [1.807, 2.05) is 19.1 Å². The summed E-state index contributed by atoms with van der Waals surface area (Å²) in [5, 5.41) is 0. The van der Waals surface area contributed by atoms with Gasteiger partial charge in [0.2, 0.25) is 10.0 Å². The molecule has 3 nitrogen and oxygen atoms in total. The van der Waals surface area contributed by atoms with Crippen molar-refractivity contribution in [3.05, 3.63) is 65.2 Å². The number of rotatable bonds is 4. The van der Waals surface area contributed by atoms with Crippen molar-refractivity contribution < 1.29 is 17.2 Å². The number of aryl methyl sites for hydroxylation is 1. The molecule has 0 aliphatic heterocycles. The van der Waals surface area contributed by atoms with Crippen molar-refractivity contribution >= 4 is 10.0 Å². The molecule has 0 amide bonds. The highest BCUT2D eigenvalue weighted by Crippen LogP contribution is 2.16. The Kier molecular flexibility index (Phi) is 4.15. The van der Waals surface area contributed by atoms with Gasteiger partial charge in [-0.15, -0.1) is 0 Å². The maximum absolute atomic E-state index is 13.5. The van der Waals surface area contributed by atoms with Crippen LogP contribution in [0.25, 0.3) is 0 Å². The molecule has 0 fully saturated rings. The number of sulfonamides is 1. The lowest BCUT2D eigenvalue weighted by Crippen LogP contribution is -2.24. The molecule has 106 valence electrons. The SMILES string of the molecule is Cc1cccc(CNS(=O)(=O)c2ccc(F)cc2F)c1. The summed E-state index contributed by atoms with van der Waals surface area (Å²) in [6.07, 6.45) is 0. The maximum atomic E-state index is 13.5. The Balaban J connectivity index is 2.19. The topological polar surface area (TPSA) is 46.2 Å². The van der Waals surface area contributed by atoms with E-state index in [9.17, 15) is 17.2 Å². The van der Waals surface area contributed by atoms with Crippen molar-refractivity contribution in [3.63, 3.8) is 0 Å². The van der Waals surface area contributed by atoms with E-state index in [-0.39, 0.29) is 6.54 Å². The third kappa shape index (κ3) is 3.40. The van der Waals surface area contributed by atoms with Crippen molar-refractivity contribution in [2.45, 2.75) is 18.4 Å². The molecule has 0 saturated carbocycles. The number of nitrogens with one attached hydrogen (secondary N) is 1. The van der Waals surface area contributed by atoms with Crippen LogP contribution in [0.4, 0.5) is 8.78 Å². The number of hydrogen-bond donors (Lipinski definition) is 1. The molecular formula is C14H13F2NO2S. The molecule has 0 saturated heterocycles. The van der Waals surface area contributed by atoms with Crippen molar-refractivity contribution in [2.24, 2.45) is 0 Å². The fourth-order valence-electron chi connectivity index (χ4n) is 1.77. The zero-order chi connectivity index (χ0) is 14.8. The third-order valence-corrected chi connectivity index (χ3v) is 4.17. The van der Waals surface area contributed by atoms with Crippen LogP contribution < -0.4 is 4.72 Å². The fourth-order valence-corrected chi connectivity index (χ4v) is 2.85. The smallest absolute Gasteiger partial charge is 0.207 e. The molecule has 0 spiro atoms. The summed E-state index contributed by atoms with van der Waals surface area (Å²) in [6.45, 7) is 1.93. The molecule has 6 heteroatoms. The predicted octanol–water partition coefficient (Wildman–Crippen LogP) is 2.75. The van der Waals surface area contributed by atoms with Crippen LogP contribution in [0.1, 0.15) is 11.1 Å². The molecule has 0 atom stereocenters. The van der Waals surface area contributed by atoms with E-state index < -0.39 is 26.6 Å². The minimum atomic E-state index is -4.01. The van der Waals surface area contributed by atoms with Gasteiger partial charge in [0.1, 0.15) is 16.5 Å². The molecule has 1 N–H and O–H groups in total. The molecule has 20 heavy (non-hydrogen) atoms. The van der Waals surface area contributed by atoms with Crippen molar-refractivity contribution in [1.29, 1.82) is 0 Å². The van der Waals surface area contributed by atoms with Gasteiger partial charge in [0.05, 0.1) is 0 Å². The van der Waals surface area contributed by atoms with Gasteiger partial charge in [-0.3, -0.25) is 0 Å². The lowest BCUT2D eigenvalue weighted by atomic mass is 10.1. The zero-order valence-electron chi connectivity index (χ0n) is 10.7. The summed E-state index contributed by atoms with van der Waals surface area (Å²) in [5.41, 5.74) is 1.76. The largest absolute Gasteiger partial charge is 0.243 e. The first-order valence-corrected chi connectivity index (χ1v) is 7.37. The number of hydrogen-bond acceptors (Lipinski definition) is 2. The lowest BCUT2D eigenvalue weighted by Gasteiger charge is -2.08. The maximum Gasteiger partial charge on any atom is 0.243 e. The second-order valence-electron chi connectivity index (χ2n) is 4.39. The summed E-state index contributed by atoms with van der Waals surface area (Å²) in [6, 6.07) is 9.63. The Morgan fingerprint density at radius 2 is 1.85 bits per heavy atom. The highest BCUT2D eigenvalue weighted by Gasteiger charge is 2.19. The molecule has 0 unspecified atom stereocenters. The summed E-state index contributed by atoms with van der Waals surface area (Å²) < 4.78 is 52.4. The lowest BCUT2D eigenvalue weighted by molar-refractivity contribution is 0.543. The second-order valence-corrected chi connectivity index (χ2v) is 6.12. The Hall–Kier alpha value is -1.79. The highest BCUT2D eigenvalue weighted by molar-refractivity contribution is 7.89. The van der Waals surface area contributed by atoms with Crippen LogP contribution in [-0.4, -0.2) is 8.42 Å². The Morgan fingerprint density at radius 1 is 1.10 bits per heavy atom. The molecule has 0 heterocycles. The normalized spacial score (nSPS) is 11.6. The average molecular weight is 297 g/mol. The second kappa shape index (κ2) is 5.68. The molecule has 0 aliphatic carbocycles. The van der Waals surface area contributed by atoms with Gasteiger partial charge in [-0.25, -0.2) is 21.9 Å². The van der Waals surface area contributed by atoms with Crippen LogP contribution in [0.5, 0.6) is 0 Å². The molecule has 2 aromatic rings. The summed E-state index contributed by atoms with van der Waals surface area (Å²) in [4.78, 5) is -0.563. The van der Waals surface area contributed by atoms with E-state index in [0.29, 0.717) is 6.07 Å². The molecule has 0 aliphatic rings. The Bertz CT molecular complexity index is 730. The van der Waals surface area contributed by atoms with Crippen molar-refractivity contribution in [3.8, 4) is 0 Å². The first kappa shape index (κ1) is 14.6. The summed E-state index contributed by atoms with van der Waals surface area (Å²) in [7, 11) is -4.01. The molecule has 0 bridgehead atoms. The van der Waals surface area contributed by atoms with Gasteiger partial charge in [0, 0.05) is 12.6 Å². The van der Waals surface area contributed by atoms with Crippen molar-refractivity contribution in [1.82, 2.24) is 4.72 Å². The number of halogens is 2. The highest BCUT2D eigenvalue weighted by atomic mass is 32.2. The molecule has 0 radical (unpaired) electrons. The van der Waals surface area contributed by atoms with Gasteiger partial charge >= 0.3 is 0 Å². The van der Waals surface area contributed by atoms with E-state index in [0.717, 1.165) is 23.3 Å². The van der Waals surface area contributed by atoms with Gasteiger partial charge in [0.25, 0.3) is 0 Å². The first-order valence-electron chi connectivity index (χ1n) is 5.89. The average Bonchev–Trinajstić information content (AvgIpc) is 2.36. The van der Waals surface area contributed by atoms with Crippen molar-refractivity contribution in [2.75, 3.05) is 0 Å². The van der Waals surface area contributed by atoms with E-state index in [1.165, 1.54) is 0 Å². The minimum absolute atomic E-state index is 0.0425. The minimum Gasteiger partial charge on any atom is -0.207 e. The van der Waals surface area contributed by atoms with Gasteiger partial charge < -0.3 is 0 Å². The van der Waals surface area contributed by atoms with Gasteiger partial charge in [-0.2, -0.15) is 0 Å². The quantitative estimate of drug-likeness (QED) is 0.943. The fraction of sp³-hybridized carbons (Fsp3) is 0.143. The standard InChI is InChI=1S/C14H13F2NO2S/c1-10-3-2-4-11(7-10)9-17-20(18,19)14-6-5-12(15)8-13(14)16/h2-8,17H,9H2,1H3. The van der Waals surface area contributed by atoms with Crippen LogP contribution >= 0.6 is 0 Å². The monoisotopic (exact) mass is 297 g/mol. The Morgan fingerprint density at radius 3 is 2.50 bits per heavy atom. The van der Waals surface area contributed by atoms with Gasteiger partial charge in [-0.05, 0) is 24.6 Å². The first-order chi connectivity index (χ1) is 9.38. The van der Waals surface area contributed by atoms with Crippen LogP contribution in [0.3, 0.4) is 0 Å². The summed E-state index contributed by atoms with van der Waals surface area (Å²) in [5.74, 6) is -1.93. The molecule has 0 aromatic heterocycles. The molecular weight excluding hydrogens is 284 g/mol. The molecule has 2 rings (SSSR count). The van der Waals surface area contributed by atoms with Crippen LogP contribution in [0.2, 0.25) is 0 Å². The summed E-state index contributed by atoms with van der Waals surface area (Å²) >= 11 is 0. The van der Waals surface area contributed by atoms with E-state index in [1.54, 1.807) is 12.1 Å². The van der Waals surface area contributed by atoms with E-state index in [4.69, 9.17) is 0 Å². The Labute approximate surface area is 116 Å². The van der Waals surface area contributed by atoms with E-state index >= 15 is 0 Å². The van der Waals surface area contributed by atoms with E-state index in [2.05, 4.69) is 4.72 Å². The van der Waals surface area contributed by atoms with Gasteiger partial charge in [-0.1, -0.05) is 29.8 Å². The third-order valence-electron chi connectivity index (χ3n) is 2.73. The number of benzene rings is 2. The molecule has 2 aromatic carbocycles. The van der Waals surface area contributed by atoms with Crippen LogP contribution in [0.15, 0.2) is 47.4 Å². The van der Waals surface area contributed by atoms with Crippen LogP contribution in [-0.2, 0) is 16.6 Å². The predicted molar refractivity (Wildman–Crippen MR) is 71.6 cm³/mol. The van der Waals surface area contributed by atoms with Gasteiger partial charge in [0.15, 0.2) is 0 Å².